The van der Waals surface area contributed by atoms with E-state index in [1.165, 1.54) is 11.8 Å². The highest BCUT2D eigenvalue weighted by atomic mass is 35.5. The third kappa shape index (κ3) is 4.84. The number of carbonyl (C=O) groups is 1. The predicted octanol–water partition coefficient (Wildman–Crippen LogP) is 1.93. The molecule has 0 spiro atoms. The summed E-state index contributed by atoms with van der Waals surface area (Å²) in [6.07, 6.45) is 3.42. The van der Waals surface area contributed by atoms with E-state index in [1.807, 2.05) is 12.1 Å². The highest BCUT2D eigenvalue weighted by Gasteiger charge is 2.04. The van der Waals surface area contributed by atoms with Crippen molar-refractivity contribution in [2.45, 2.75) is 11.6 Å². The first-order chi connectivity index (χ1) is 9.24. The molecule has 0 aromatic carbocycles. The van der Waals surface area contributed by atoms with E-state index in [1.54, 1.807) is 24.5 Å². The zero-order valence-corrected chi connectivity index (χ0v) is 11.5. The number of amides is 1. The Balaban J connectivity index is 1.74. The predicted molar refractivity (Wildman–Crippen MR) is 73.8 cm³/mol. The smallest absolute Gasteiger partial charge is 0.230 e. The van der Waals surface area contributed by atoms with Crippen LogP contribution >= 0.6 is 23.4 Å². The van der Waals surface area contributed by atoms with Gasteiger partial charge in [-0.15, -0.1) is 10.2 Å². The van der Waals surface area contributed by atoms with Crippen LogP contribution in [0.15, 0.2) is 41.7 Å². The number of halogens is 1. The Morgan fingerprint density at radius 2 is 2.21 bits per heavy atom. The molecule has 2 rings (SSSR count). The van der Waals surface area contributed by atoms with Gasteiger partial charge in [0.15, 0.2) is 5.15 Å². The van der Waals surface area contributed by atoms with E-state index in [-0.39, 0.29) is 11.7 Å². The summed E-state index contributed by atoms with van der Waals surface area (Å²) in [7, 11) is 0. The molecule has 2 aromatic heterocycles. The van der Waals surface area contributed by atoms with Crippen LogP contribution < -0.4 is 5.32 Å². The molecule has 1 amide bonds. The van der Waals surface area contributed by atoms with Gasteiger partial charge in [0, 0.05) is 18.9 Å². The molecule has 7 heteroatoms. The molecule has 0 aliphatic carbocycles. The van der Waals surface area contributed by atoms with E-state index in [0.717, 1.165) is 5.56 Å². The Bertz CT molecular complexity index is 535. The number of nitrogens with one attached hydrogen (secondary N) is 1. The van der Waals surface area contributed by atoms with Crippen LogP contribution in [-0.4, -0.2) is 26.8 Å². The standard InChI is InChI=1S/C12H11ClN4OS/c13-10-3-4-12(17-16-10)19-8-11(18)15-7-9-2-1-5-14-6-9/h1-6H,7-8H2,(H,15,18). The molecule has 5 nitrogen and oxygen atoms in total. The maximum absolute atomic E-state index is 11.6. The second-order valence-electron chi connectivity index (χ2n) is 3.62. The van der Waals surface area contributed by atoms with Gasteiger partial charge < -0.3 is 5.32 Å². The van der Waals surface area contributed by atoms with Gasteiger partial charge in [0.1, 0.15) is 5.03 Å². The summed E-state index contributed by atoms with van der Waals surface area (Å²) in [5, 5.41) is 11.4. The van der Waals surface area contributed by atoms with Crippen molar-refractivity contribution >= 4 is 29.3 Å². The fourth-order valence-corrected chi connectivity index (χ4v) is 2.02. The lowest BCUT2D eigenvalue weighted by Crippen LogP contribution is -2.24. The van der Waals surface area contributed by atoms with Crippen molar-refractivity contribution in [1.29, 1.82) is 0 Å². The number of hydrogen-bond acceptors (Lipinski definition) is 5. The largest absolute Gasteiger partial charge is 0.351 e. The van der Waals surface area contributed by atoms with Crippen LogP contribution in [-0.2, 0) is 11.3 Å². The van der Waals surface area contributed by atoms with Crippen molar-refractivity contribution in [2.75, 3.05) is 5.75 Å². The average Bonchev–Trinajstić information content (AvgIpc) is 2.45. The maximum Gasteiger partial charge on any atom is 0.230 e. The molecular formula is C12H11ClN4OS. The summed E-state index contributed by atoms with van der Waals surface area (Å²) >= 11 is 6.94. The van der Waals surface area contributed by atoms with Crippen LogP contribution in [0.3, 0.4) is 0 Å². The number of pyridine rings is 1. The Kier molecular flexibility index (Phi) is 5.11. The molecule has 0 aliphatic rings. The van der Waals surface area contributed by atoms with Gasteiger partial charge in [-0.25, -0.2) is 0 Å². The molecule has 2 heterocycles. The molecule has 0 bridgehead atoms. The van der Waals surface area contributed by atoms with E-state index in [0.29, 0.717) is 16.7 Å². The first-order valence-electron chi connectivity index (χ1n) is 5.51. The van der Waals surface area contributed by atoms with Gasteiger partial charge in [-0.05, 0) is 23.8 Å². The van der Waals surface area contributed by atoms with Crippen LogP contribution in [0.25, 0.3) is 0 Å². The van der Waals surface area contributed by atoms with E-state index >= 15 is 0 Å². The number of thioether (sulfide) groups is 1. The van der Waals surface area contributed by atoms with Crippen molar-refractivity contribution < 1.29 is 4.79 Å². The van der Waals surface area contributed by atoms with Crippen molar-refractivity contribution in [3.05, 3.63) is 47.4 Å². The summed E-state index contributed by atoms with van der Waals surface area (Å²) in [5.41, 5.74) is 0.965. The monoisotopic (exact) mass is 294 g/mol. The van der Waals surface area contributed by atoms with E-state index in [9.17, 15) is 4.79 Å². The topological polar surface area (TPSA) is 67.8 Å². The number of nitrogens with zero attached hydrogens (tertiary/aromatic N) is 3. The number of aromatic nitrogens is 3. The number of rotatable bonds is 5. The molecule has 2 aromatic rings. The lowest BCUT2D eigenvalue weighted by molar-refractivity contribution is -0.118. The maximum atomic E-state index is 11.6. The number of carbonyl (C=O) groups excluding carboxylic acids is 1. The fraction of sp³-hybridized carbons (Fsp3) is 0.167. The first-order valence-corrected chi connectivity index (χ1v) is 6.88. The van der Waals surface area contributed by atoms with Crippen LogP contribution in [0, 0.1) is 0 Å². The summed E-state index contributed by atoms with van der Waals surface area (Å²) < 4.78 is 0. The van der Waals surface area contributed by atoms with Gasteiger partial charge >= 0.3 is 0 Å². The second kappa shape index (κ2) is 7.06. The summed E-state index contributed by atoms with van der Waals surface area (Å²) in [6, 6.07) is 7.11. The molecule has 19 heavy (non-hydrogen) atoms. The lowest BCUT2D eigenvalue weighted by atomic mass is 10.3. The summed E-state index contributed by atoms with van der Waals surface area (Å²) in [6.45, 7) is 0.472. The fourth-order valence-electron chi connectivity index (χ4n) is 1.27. The van der Waals surface area contributed by atoms with Crippen LogP contribution in [0.1, 0.15) is 5.56 Å². The van der Waals surface area contributed by atoms with Crippen LogP contribution in [0.2, 0.25) is 5.15 Å². The third-order valence-corrected chi connectivity index (χ3v) is 3.29. The molecule has 0 radical (unpaired) electrons. The van der Waals surface area contributed by atoms with Crippen LogP contribution in [0.4, 0.5) is 0 Å². The van der Waals surface area contributed by atoms with Gasteiger partial charge in [0.25, 0.3) is 0 Å². The second-order valence-corrected chi connectivity index (χ2v) is 5.00. The molecule has 0 fully saturated rings. The van der Waals surface area contributed by atoms with Gasteiger partial charge in [-0.2, -0.15) is 0 Å². The quantitative estimate of drug-likeness (QED) is 0.854. The van der Waals surface area contributed by atoms with Gasteiger partial charge in [0.2, 0.25) is 5.91 Å². The molecule has 0 unspecified atom stereocenters. The molecule has 98 valence electrons. The van der Waals surface area contributed by atoms with Crippen molar-refractivity contribution in [3.8, 4) is 0 Å². The normalized spacial score (nSPS) is 10.2. The van der Waals surface area contributed by atoms with Crippen molar-refractivity contribution in [1.82, 2.24) is 20.5 Å². The Labute approximate surface area is 119 Å². The van der Waals surface area contributed by atoms with E-state index < -0.39 is 0 Å². The molecular weight excluding hydrogens is 284 g/mol. The summed E-state index contributed by atoms with van der Waals surface area (Å²) in [4.78, 5) is 15.6. The Hall–Kier alpha value is -1.66. The zero-order valence-electron chi connectivity index (χ0n) is 9.91. The Morgan fingerprint density at radius 1 is 1.32 bits per heavy atom. The lowest BCUT2D eigenvalue weighted by Gasteiger charge is -2.04. The molecule has 1 N–H and O–H groups in total. The minimum Gasteiger partial charge on any atom is -0.351 e. The average molecular weight is 295 g/mol. The van der Waals surface area contributed by atoms with Crippen molar-refractivity contribution in [2.24, 2.45) is 0 Å². The molecule has 0 atom stereocenters. The SMILES string of the molecule is O=C(CSc1ccc(Cl)nn1)NCc1cccnc1. The molecule has 0 aliphatic heterocycles. The number of hydrogen-bond donors (Lipinski definition) is 1. The van der Waals surface area contributed by atoms with Gasteiger partial charge in [0.05, 0.1) is 5.75 Å². The first kappa shape index (κ1) is 13.8. The van der Waals surface area contributed by atoms with Crippen LogP contribution in [0.5, 0.6) is 0 Å². The minimum atomic E-state index is -0.0643. The zero-order chi connectivity index (χ0) is 13.5. The van der Waals surface area contributed by atoms with Gasteiger partial charge in [-0.3, -0.25) is 9.78 Å². The van der Waals surface area contributed by atoms with Gasteiger partial charge in [-0.1, -0.05) is 29.4 Å². The molecule has 0 saturated heterocycles. The highest BCUT2D eigenvalue weighted by molar-refractivity contribution is 7.99. The molecule has 0 saturated carbocycles. The van der Waals surface area contributed by atoms with Crippen molar-refractivity contribution in [3.63, 3.8) is 0 Å². The van der Waals surface area contributed by atoms with E-state index in [2.05, 4.69) is 20.5 Å². The minimum absolute atomic E-state index is 0.0643. The summed E-state index contributed by atoms with van der Waals surface area (Å²) in [5.74, 6) is 0.224. The Morgan fingerprint density at radius 3 is 2.89 bits per heavy atom. The van der Waals surface area contributed by atoms with E-state index in [4.69, 9.17) is 11.6 Å². The highest BCUT2D eigenvalue weighted by Crippen LogP contribution is 2.14. The third-order valence-electron chi connectivity index (χ3n) is 2.17.